The van der Waals surface area contributed by atoms with Crippen LogP contribution >= 0.6 is 0 Å². The lowest BCUT2D eigenvalue weighted by Gasteiger charge is -2.03. The molecule has 0 saturated heterocycles. The van der Waals surface area contributed by atoms with Crippen LogP contribution in [0.25, 0.3) is 0 Å². The van der Waals surface area contributed by atoms with Gasteiger partial charge < -0.3 is 10.1 Å². The van der Waals surface area contributed by atoms with Gasteiger partial charge in [0.05, 0.1) is 7.11 Å². The number of carbonyl (C=O) groups excluding carboxylic acids is 1. The third kappa shape index (κ3) is 4.95. The molecular formula is C10H15N3O2. The van der Waals surface area contributed by atoms with E-state index in [2.05, 4.69) is 20.0 Å². The molecule has 0 aliphatic heterocycles. The van der Waals surface area contributed by atoms with Crippen molar-refractivity contribution < 1.29 is 9.53 Å². The largest absolute Gasteiger partial charge is 0.469 e. The number of hydrogen-bond donors (Lipinski definition) is 1. The number of aromatic nitrogens is 2. The molecule has 1 aromatic heterocycles. The molecule has 0 fully saturated rings. The summed E-state index contributed by atoms with van der Waals surface area (Å²) in [5.41, 5.74) is 0. The van der Waals surface area contributed by atoms with Crippen molar-refractivity contribution >= 4 is 11.9 Å². The molecule has 1 heterocycles. The number of carbonyl (C=O) groups is 1. The Morgan fingerprint density at radius 1 is 1.40 bits per heavy atom. The zero-order valence-corrected chi connectivity index (χ0v) is 8.77. The van der Waals surface area contributed by atoms with Gasteiger partial charge in [-0.15, -0.1) is 0 Å². The standard InChI is InChI=1S/C10H15N3O2/c1-15-9(14)5-2-3-6-11-10-12-7-4-8-13-10/h4,7-8H,2-3,5-6H2,1H3,(H,11,12,13). The molecule has 0 atom stereocenters. The van der Waals surface area contributed by atoms with Crippen LogP contribution in [-0.4, -0.2) is 29.6 Å². The molecule has 0 saturated carbocycles. The van der Waals surface area contributed by atoms with Crippen molar-refractivity contribution in [2.45, 2.75) is 19.3 Å². The summed E-state index contributed by atoms with van der Waals surface area (Å²) in [5, 5.41) is 3.06. The summed E-state index contributed by atoms with van der Waals surface area (Å²) >= 11 is 0. The molecule has 0 aliphatic carbocycles. The van der Waals surface area contributed by atoms with Crippen molar-refractivity contribution in [3.05, 3.63) is 18.5 Å². The number of ether oxygens (including phenoxy) is 1. The number of anilines is 1. The quantitative estimate of drug-likeness (QED) is 0.564. The normalized spacial score (nSPS) is 9.67. The zero-order valence-electron chi connectivity index (χ0n) is 8.77. The lowest BCUT2D eigenvalue weighted by atomic mass is 10.2. The van der Waals surface area contributed by atoms with Crippen molar-refractivity contribution in [1.82, 2.24) is 9.97 Å². The Kier molecular flexibility index (Phi) is 5.14. The summed E-state index contributed by atoms with van der Waals surface area (Å²) in [5.74, 6) is 0.460. The second-order valence-corrected chi connectivity index (χ2v) is 3.03. The summed E-state index contributed by atoms with van der Waals surface area (Å²) < 4.78 is 4.53. The van der Waals surface area contributed by atoms with E-state index in [1.54, 1.807) is 18.5 Å². The summed E-state index contributed by atoms with van der Waals surface area (Å²) in [6.07, 6.45) is 5.54. The van der Waals surface area contributed by atoms with Gasteiger partial charge in [0.1, 0.15) is 0 Å². The molecule has 0 radical (unpaired) electrons. The molecule has 0 aliphatic rings. The van der Waals surface area contributed by atoms with Crippen molar-refractivity contribution in [3.8, 4) is 0 Å². The summed E-state index contributed by atoms with van der Waals surface area (Å²) in [6, 6.07) is 1.77. The molecule has 5 nitrogen and oxygen atoms in total. The maximum Gasteiger partial charge on any atom is 0.305 e. The molecule has 5 heteroatoms. The first kappa shape index (κ1) is 11.4. The molecule has 82 valence electrons. The zero-order chi connectivity index (χ0) is 10.9. The lowest BCUT2D eigenvalue weighted by molar-refractivity contribution is -0.140. The number of methoxy groups -OCH3 is 1. The van der Waals surface area contributed by atoms with Crippen molar-refractivity contribution in [2.75, 3.05) is 19.0 Å². The summed E-state index contributed by atoms with van der Waals surface area (Å²) in [4.78, 5) is 18.8. The van der Waals surface area contributed by atoms with E-state index in [9.17, 15) is 4.79 Å². The maximum atomic E-state index is 10.8. The number of rotatable bonds is 6. The predicted octanol–water partition coefficient (Wildman–Crippen LogP) is 1.23. The van der Waals surface area contributed by atoms with Crippen molar-refractivity contribution in [1.29, 1.82) is 0 Å². The summed E-state index contributed by atoms with van der Waals surface area (Å²) in [7, 11) is 1.40. The Balaban J connectivity index is 2.05. The fourth-order valence-electron chi connectivity index (χ4n) is 1.09. The van der Waals surface area contributed by atoms with Gasteiger partial charge in [0, 0.05) is 25.4 Å². The molecule has 0 spiro atoms. The van der Waals surface area contributed by atoms with Gasteiger partial charge in [-0.1, -0.05) is 0 Å². The van der Waals surface area contributed by atoms with Crippen LogP contribution in [0.2, 0.25) is 0 Å². The van der Waals surface area contributed by atoms with Crippen LogP contribution in [0.4, 0.5) is 5.95 Å². The van der Waals surface area contributed by atoms with Crippen molar-refractivity contribution in [3.63, 3.8) is 0 Å². The van der Waals surface area contributed by atoms with E-state index >= 15 is 0 Å². The molecule has 1 aromatic rings. The van der Waals surface area contributed by atoms with Gasteiger partial charge in [-0.25, -0.2) is 9.97 Å². The van der Waals surface area contributed by atoms with Crippen LogP contribution < -0.4 is 5.32 Å². The van der Waals surface area contributed by atoms with Gasteiger partial charge in [-0.2, -0.15) is 0 Å². The first-order valence-electron chi connectivity index (χ1n) is 4.90. The minimum Gasteiger partial charge on any atom is -0.469 e. The first-order valence-corrected chi connectivity index (χ1v) is 4.90. The highest BCUT2D eigenvalue weighted by Gasteiger charge is 1.99. The van der Waals surface area contributed by atoms with Gasteiger partial charge in [-0.05, 0) is 18.9 Å². The molecule has 1 rings (SSSR count). The van der Waals surface area contributed by atoms with E-state index in [1.165, 1.54) is 7.11 Å². The second-order valence-electron chi connectivity index (χ2n) is 3.03. The molecule has 0 amide bonds. The third-order valence-corrected chi connectivity index (χ3v) is 1.88. The van der Waals surface area contributed by atoms with E-state index in [4.69, 9.17) is 0 Å². The highest BCUT2D eigenvalue weighted by Crippen LogP contribution is 1.99. The van der Waals surface area contributed by atoms with Crippen LogP contribution in [0, 0.1) is 0 Å². The Morgan fingerprint density at radius 3 is 2.80 bits per heavy atom. The van der Waals surface area contributed by atoms with Crippen LogP contribution in [-0.2, 0) is 9.53 Å². The monoisotopic (exact) mass is 209 g/mol. The van der Waals surface area contributed by atoms with Gasteiger partial charge >= 0.3 is 5.97 Å². The van der Waals surface area contributed by atoms with E-state index in [0.717, 1.165) is 19.4 Å². The SMILES string of the molecule is COC(=O)CCCCNc1ncccn1. The smallest absolute Gasteiger partial charge is 0.305 e. The average Bonchev–Trinajstić information content (AvgIpc) is 2.29. The Morgan fingerprint density at radius 2 is 2.13 bits per heavy atom. The second kappa shape index (κ2) is 6.75. The van der Waals surface area contributed by atoms with Crippen LogP contribution in [0.5, 0.6) is 0 Å². The molecule has 15 heavy (non-hydrogen) atoms. The highest BCUT2D eigenvalue weighted by atomic mass is 16.5. The third-order valence-electron chi connectivity index (χ3n) is 1.88. The Labute approximate surface area is 88.9 Å². The number of unbranched alkanes of at least 4 members (excludes halogenated alkanes) is 1. The van der Waals surface area contributed by atoms with Gasteiger partial charge in [0.15, 0.2) is 0 Å². The fourth-order valence-corrected chi connectivity index (χ4v) is 1.09. The average molecular weight is 209 g/mol. The number of nitrogens with one attached hydrogen (secondary N) is 1. The first-order chi connectivity index (χ1) is 7.33. The molecule has 0 unspecified atom stereocenters. The van der Waals surface area contributed by atoms with E-state index in [0.29, 0.717) is 12.4 Å². The topological polar surface area (TPSA) is 64.1 Å². The molecular weight excluding hydrogens is 194 g/mol. The van der Waals surface area contributed by atoms with Crippen LogP contribution in [0.3, 0.4) is 0 Å². The number of esters is 1. The van der Waals surface area contributed by atoms with E-state index in [1.807, 2.05) is 0 Å². The molecule has 1 N–H and O–H groups in total. The summed E-state index contributed by atoms with van der Waals surface area (Å²) in [6.45, 7) is 0.765. The highest BCUT2D eigenvalue weighted by molar-refractivity contribution is 5.68. The van der Waals surface area contributed by atoms with Crippen LogP contribution in [0.1, 0.15) is 19.3 Å². The fraction of sp³-hybridized carbons (Fsp3) is 0.500. The predicted molar refractivity (Wildman–Crippen MR) is 56.4 cm³/mol. The van der Waals surface area contributed by atoms with E-state index < -0.39 is 0 Å². The van der Waals surface area contributed by atoms with Crippen LogP contribution in [0.15, 0.2) is 18.5 Å². The number of nitrogens with zero attached hydrogens (tertiary/aromatic N) is 2. The van der Waals surface area contributed by atoms with Crippen molar-refractivity contribution in [2.24, 2.45) is 0 Å². The Hall–Kier alpha value is -1.65. The van der Waals surface area contributed by atoms with Gasteiger partial charge in [0.2, 0.25) is 5.95 Å². The lowest BCUT2D eigenvalue weighted by Crippen LogP contribution is -2.06. The number of hydrogen-bond acceptors (Lipinski definition) is 5. The molecule has 0 aromatic carbocycles. The Bertz CT molecular complexity index is 290. The maximum absolute atomic E-state index is 10.8. The van der Waals surface area contributed by atoms with Gasteiger partial charge in [0.25, 0.3) is 0 Å². The minimum atomic E-state index is -0.161. The van der Waals surface area contributed by atoms with Gasteiger partial charge in [-0.3, -0.25) is 4.79 Å². The minimum absolute atomic E-state index is 0.161. The van der Waals surface area contributed by atoms with E-state index in [-0.39, 0.29) is 5.97 Å². The molecule has 0 bridgehead atoms.